The van der Waals surface area contributed by atoms with Gasteiger partial charge in [0.2, 0.25) is 0 Å². The van der Waals surface area contributed by atoms with E-state index >= 15 is 0 Å². The van der Waals surface area contributed by atoms with E-state index in [0.717, 1.165) is 0 Å². The second kappa shape index (κ2) is 5.49. The van der Waals surface area contributed by atoms with Crippen LogP contribution in [0.25, 0.3) is 0 Å². The fourth-order valence-corrected chi connectivity index (χ4v) is 1.49. The molecule has 5 heteroatoms. The highest BCUT2D eigenvalue weighted by Gasteiger charge is 2.32. The number of nitrogens with zero attached hydrogens (tertiary/aromatic N) is 1. The predicted molar refractivity (Wildman–Crippen MR) is 63.6 cm³/mol. The highest BCUT2D eigenvalue weighted by molar-refractivity contribution is 6.36. The first kappa shape index (κ1) is 14.0. The molecular weight excluding hydrogens is 222 g/mol. The fourth-order valence-electron chi connectivity index (χ4n) is 1.49. The largest absolute Gasteiger partial charge is 0.461 e. The van der Waals surface area contributed by atoms with Gasteiger partial charge >= 0.3 is 5.97 Å². The molecule has 98 valence electrons. The minimum Gasteiger partial charge on any atom is -0.461 e. The zero-order chi connectivity index (χ0) is 13.1. The van der Waals surface area contributed by atoms with Crippen LogP contribution in [0.5, 0.6) is 0 Å². The molecule has 0 spiro atoms. The van der Waals surface area contributed by atoms with Crippen LogP contribution in [0.3, 0.4) is 0 Å². The van der Waals surface area contributed by atoms with Crippen LogP contribution >= 0.6 is 0 Å². The Morgan fingerprint density at radius 3 is 2.82 bits per heavy atom. The van der Waals surface area contributed by atoms with Crippen LogP contribution in [-0.2, 0) is 14.4 Å². The van der Waals surface area contributed by atoms with Crippen LogP contribution in [0.4, 0.5) is 0 Å². The summed E-state index contributed by atoms with van der Waals surface area (Å²) >= 11 is 0. The van der Waals surface area contributed by atoms with E-state index in [9.17, 15) is 9.90 Å². The Bertz CT molecular complexity index is 306. The highest BCUT2D eigenvalue weighted by Crippen LogP contribution is 2.26. The van der Waals surface area contributed by atoms with Crippen molar-refractivity contribution in [1.82, 2.24) is 0 Å². The molecular formula is C12H21NO4. The van der Waals surface area contributed by atoms with Crippen LogP contribution in [0.15, 0.2) is 5.16 Å². The van der Waals surface area contributed by atoms with Gasteiger partial charge in [0.25, 0.3) is 0 Å². The van der Waals surface area contributed by atoms with Crippen LogP contribution in [0.2, 0.25) is 0 Å². The number of ether oxygens (including phenoxy) is 1. The smallest absolute Gasteiger partial charge is 0.356 e. The summed E-state index contributed by atoms with van der Waals surface area (Å²) in [6, 6.07) is 0. The lowest BCUT2D eigenvalue weighted by Crippen LogP contribution is -2.30. The molecule has 1 heterocycles. The minimum absolute atomic E-state index is 0.198. The maximum atomic E-state index is 11.4. The Morgan fingerprint density at radius 2 is 2.29 bits per heavy atom. The number of rotatable bonds is 4. The van der Waals surface area contributed by atoms with Gasteiger partial charge in [0.05, 0.1) is 12.7 Å². The Kier molecular flexibility index (Phi) is 4.51. The summed E-state index contributed by atoms with van der Waals surface area (Å²) in [5, 5.41) is 13.6. The molecule has 0 aromatic heterocycles. The zero-order valence-corrected chi connectivity index (χ0v) is 10.9. The van der Waals surface area contributed by atoms with Gasteiger partial charge in [0.1, 0.15) is 6.10 Å². The predicted octanol–water partition coefficient (Wildman–Crippen LogP) is 1.49. The number of oxime groups is 1. The lowest BCUT2D eigenvalue weighted by molar-refractivity contribution is -0.135. The molecule has 17 heavy (non-hydrogen) atoms. The molecule has 2 unspecified atom stereocenters. The van der Waals surface area contributed by atoms with Crippen molar-refractivity contribution in [2.75, 3.05) is 6.61 Å². The molecule has 0 aliphatic carbocycles. The topological polar surface area (TPSA) is 68.1 Å². The third kappa shape index (κ3) is 4.00. The van der Waals surface area contributed by atoms with Gasteiger partial charge in [-0.1, -0.05) is 25.9 Å². The normalized spacial score (nSPS) is 21.7. The average Bonchev–Trinajstić information content (AvgIpc) is 2.65. The molecule has 1 aliphatic rings. The first-order chi connectivity index (χ1) is 7.84. The van der Waals surface area contributed by atoms with Crippen molar-refractivity contribution < 1.29 is 19.5 Å². The molecule has 0 aromatic carbocycles. The average molecular weight is 243 g/mol. The van der Waals surface area contributed by atoms with E-state index in [-0.39, 0.29) is 11.5 Å². The molecule has 0 aromatic rings. The summed E-state index contributed by atoms with van der Waals surface area (Å²) in [6.07, 6.45) is 0.162. The summed E-state index contributed by atoms with van der Waals surface area (Å²) in [7, 11) is 0. The number of carbonyl (C=O) groups excluding carboxylic acids is 1. The molecule has 0 fully saturated rings. The van der Waals surface area contributed by atoms with Crippen molar-refractivity contribution in [3.8, 4) is 0 Å². The Hall–Kier alpha value is -1.10. The molecule has 1 N–H and O–H groups in total. The molecule has 0 amide bonds. The maximum Gasteiger partial charge on any atom is 0.356 e. The SMILES string of the molecule is CCOC(=O)C1=NOC(CC(O)C(C)(C)C)C1. The van der Waals surface area contributed by atoms with Crippen LogP contribution < -0.4 is 0 Å². The molecule has 0 saturated carbocycles. The van der Waals surface area contributed by atoms with E-state index in [4.69, 9.17) is 9.57 Å². The summed E-state index contributed by atoms with van der Waals surface area (Å²) in [5.41, 5.74) is 0.105. The van der Waals surface area contributed by atoms with Gasteiger partial charge in [-0.2, -0.15) is 0 Å². The zero-order valence-electron chi connectivity index (χ0n) is 10.9. The fraction of sp³-hybridized carbons (Fsp3) is 0.833. The van der Waals surface area contributed by atoms with Crippen molar-refractivity contribution in [3.05, 3.63) is 0 Å². The van der Waals surface area contributed by atoms with Crippen molar-refractivity contribution in [2.45, 2.75) is 52.7 Å². The number of esters is 1. The van der Waals surface area contributed by atoms with Crippen molar-refractivity contribution in [1.29, 1.82) is 0 Å². The summed E-state index contributed by atoms with van der Waals surface area (Å²) in [4.78, 5) is 16.5. The Morgan fingerprint density at radius 1 is 1.65 bits per heavy atom. The maximum absolute atomic E-state index is 11.4. The van der Waals surface area contributed by atoms with Crippen molar-refractivity contribution in [3.63, 3.8) is 0 Å². The van der Waals surface area contributed by atoms with E-state index in [1.54, 1.807) is 6.92 Å². The van der Waals surface area contributed by atoms with Crippen molar-refractivity contribution in [2.24, 2.45) is 10.6 Å². The lowest BCUT2D eigenvalue weighted by atomic mass is 9.85. The quantitative estimate of drug-likeness (QED) is 0.760. The minimum atomic E-state index is -0.482. The van der Waals surface area contributed by atoms with Gasteiger partial charge in [-0.3, -0.25) is 0 Å². The summed E-state index contributed by atoms with van der Waals surface area (Å²) < 4.78 is 4.83. The van der Waals surface area contributed by atoms with Crippen LogP contribution in [-0.4, -0.2) is 35.6 Å². The van der Waals surface area contributed by atoms with Crippen LogP contribution in [0.1, 0.15) is 40.5 Å². The second-order valence-corrected chi connectivity index (χ2v) is 5.31. The number of hydrogen-bond acceptors (Lipinski definition) is 5. The Balaban J connectivity index is 2.41. The monoisotopic (exact) mass is 243 g/mol. The third-order valence-electron chi connectivity index (χ3n) is 2.73. The van der Waals surface area contributed by atoms with Gasteiger partial charge in [-0.05, 0) is 12.3 Å². The molecule has 0 saturated heterocycles. The van der Waals surface area contributed by atoms with Gasteiger partial charge in [0, 0.05) is 12.8 Å². The van der Waals surface area contributed by atoms with Gasteiger partial charge in [-0.25, -0.2) is 4.79 Å². The number of hydrogen-bond donors (Lipinski definition) is 1. The van der Waals surface area contributed by atoms with Gasteiger partial charge in [0.15, 0.2) is 5.71 Å². The van der Waals surface area contributed by atoms with E-state index in [2.05, 4.69) is 5.16 Å². The molecule has 2 atom stereocenters. The number of aliphatic hydroxyl groups excluding tert-OH is 1. The van der Waals surface area contributed by atoms with Gasteiger partial charge < -0.3 is 14.7 Å². The number of carbonyl (C=O) groups is 1. The third-order valence-corrected chi connectivity index (χ3v) is 2.73. The molecule has 1 rings (SSSR count). The lowest BCUT2D eigenvalue weighted by Gasteiger charge is -2.27. The highest BCUT2D eigenvalue weighted by atomic mass is 16.6. The standard InChI is InChI=1S/C12H21NO4/c1-5-16-11(15)9-6-8(17-13-9)7-10(14)12(2,3)4/h8,10,14H,5-7H2,1-4H3. The molecule has 0 bridgehead atoms. The first-order valence-electron chi connectivity index (χ1n) is 5.92. The molecule has 5 nitrogen and oxygen atoms in total. The second-order valence-electron chi connectivity index (χ2n) is 5.31. The molecule has 1 aliphatic heterocycles. The number of aliphatic hydroxyl groups is 1. The molecule has 0 radical (unpaired) electrons. The summed E-state index contributed by atoms with van der Waals surface area (Å²) in [6.45, 7) is 7.95. The van der Waals surface area contributed by atoms with E-state index < -0.39 is 12.1 Å². The van der Waals surface area contributed by atoms with Crippen LogP contribution in [0, 0.1) is 5.41 Å². The van der Waals surface area contributed by atoms with E-state index in [0.29, 0.717) is 25.2 Å². The summed E-state index contributed by atoms with van der Waals surface area (Å²) in [5.74, 6) is -0.430. The van der Waals surface area contributed by atoms with Crippen molar-refractivity contribution >= 4 is 11.7 Å². The Labute approximate surface area is 102 Å². The van der Waals surface area contributed by atoms with Gasteiger partial charge in [-0.15, -0.1) is 0 Å². The van der Waals surface area contributed by atoms with E-state index in [1.165, 1.54) is 0 Å². The first-order valence-corrected chi connectivity index (χ1v) is 5.92. The van der Waals surface area contributed by atoms with E-state index in [1.807, 2.05) is 20.8 Å².